The molecule has 1 aromatic heterocycles. The summed E-state index contributed by atoms with van der Waals surface area (Å²) in [4.78, 5) is 4.15. The SMILES string of the molecule is C1=C(p2ccnc2)Cc2ccccc21. The predicted octanol–water partition coefficient (Wildman–Crippen LogP) is 3.62. The minimum atomic E-state index is -0.204. The molecule has 1 heterocycles. The minimum Gasteiger partial charge on any atom is -0.260 e. The Bertz CT molecular complexity index is 483. The summed E-state index contributed by atoms with van der Waals surface area (Å²) in [5, 5.41) is 1.53. The Hall–Kier alpha value is -1.33. The molecule has 2 aromatic rings. The minimum absolute atomic E-state index is 0.204. The van der Waals surface area contributed by atoms with Crippen molar-refractivity contribution in [1.82, 2.24) is 4.98 Å². The van der Waals surface area contributed by atoms with Gasteiger partial charge in [0.2, 0.25) is 0 Å². The number of benzene rings is 1. The first-order valence-electron chi connectivity index (χ1n) is 4.70. The Morgan fingerprint density at radius 2 is 2.14 bits per heavy atom. The molecule has 1 unspecified atom stereocenters. The van der Waals surface area contributed by atoms with Crippen LogP contribution in [0.3, 0.4) is 0 Å². The monoisotopic (exact) mass is 199 g/mol. The number of fused-ring (bicyclic) bond motifs is 1. The second kappa shape index (κ2) is 3.11. The molecule has 1 aromatic carbocycles. The third kappa shape index (κ3) is 1.21. The third-order valence-electron chi connectivity index (χ3n) is 2.58. The van der Waals surface area contributed by atoms with Crippen LogP contribution in [-0.2, 0) is 6.42 Å². The van der Waals surface area contributed by atoms with Crippen LogP contribution in [0, 0.1) is 0 Å². The summed E-state index contributed by atoms with van der Waals surface area (Å²) in [7, 11) is -0.204. The van der Waals surface area contributed by atoms with Gasteiger partial charge in [-0.05, 0) is 28.3 Å². The van der Waals surface area contributed by atoms with E-state index in [9.17, 15) is 0 Å². The first kappa shape index (κ1) is 8.02. The van der Waals surface area contributed by atoms with Crippen LogP contribution in [0.1, 0.15) is 11.1 Å². The van der Waals surface area contributed by atoms with Gasteiger partial charge < -0.3 is 0 Å². The Balaban J connectivity index is 2.04. The largest absolute Gasteiger partial charge is 0.260 e. The van der Waals surface area contributed by atoms with Gasteiger partial charge in [0.25, 0.3) is 0 Å². The topological polar surface area (TPSA) is 12.9 Å². The van der Waals surface area contributed by atoms with E-state index in [1.807, 2.05) is 6.20 Å². The predicted molar refractivity (Wildman–Crippen MR) is 61.3 cm³/mol. The van der Waals surface area contributed by atoms with Crippen molar-refractivity contribution in [3.63, 3.8) is 0 Å². The molecule has 14 heavy (non-hydrogen) atoms. The highest BCUT2D eigenvalue weighted by Gasteiger charge is 2.12. The zero-order valence-electron chi connectivity index (χ0n) is 7.72. The van der Waals surface area contributed by atoms with Gasteiger partial charge in [0, 0.05) is 12.6 Å². The van der Waals surface area contributed by atoms with E-state index in [1.165, 1.54) is 16.4 Å². The van der Waals surface area contributed by atoms with Crippen LogP contribution in [0.25, 0.3) is 11.4 Å². The maximum absolute atomic E-state index is 4.15. The number of hydrogen-bond acceptors (Lipinski definition) is 1. The molecule has 0 fully saturated rings. The van der Waals surface area contributed by atoms with E-state index in [4.69, 9.17) is 0 Å². The van der Waals surface area contributed by atoms with E-state index < -0.39 is 0 Å². The average Bonchev–Trinajstić information content (AvgIpc) is 2.86. The average molecular weight is 199 g/mol. The van der Waals surface area contributed by atoms with Crippen molar-refractivity contribution >= 4 is 18.9 Å². The molecule has 1 aliphatic rings. The fraction of sp³-hybridized carbons (Fsp3) is 0.0833. The zero-order chi connectivity index (χ0) is 9.38. The summed E-state index contributed by atoms with van der Waals surface area (Å²) in [6.45, 7) is 0. The second-order valence-corrected chi connectivity index (χ2v) is 5.40. The molecule has 2 heteroatoms. The van der Waals surface area contributed by atoms with Gasteiger partial charge in [0.15, 0.2) is 0 Å². The van der Waals surface area contributed by atoms with E-state index in [1.54, 1.807) is 0 Å². The zero-order valence-corrected chi connectivity index (χ0v) is 8.61. The van der Waals surface area contributed by atoms with Gasteiger partial charge in [-0.15, -0.1) is 0 Å². The molecular weight excluding hydrogens is 189 g/mol. The van der Waals surface area contributed by atoms with Gasteiger partial charge >= 0.3 is 0 Å². The molecule has 0 amide bonds. The molecule has 0 saturated heterocycles. The summed E-state index contributed by atoms with van der Waals surface area (Å²) >= 11 is 0. The summed E-state index contributed by atoms with van der Waals surface area (Å²) in [5.74, 6) is 4.29. The molecule has 3 rings (SSSR count). The smallest absolute Gasteiger partial charge is 0.0500 e. The maximum Gasteiger partial charge on any atom is 0.0500 e. The summed E-state index contributed by atoms with van der Waals surface area (Å²) in [6.07, 6.45) is 5.34. The van der Waals surface area contributed by atoms with E-state index in [-0.39, 0.29) is 7.53 Å². The summed E-state index contributed by atoms with van der Waals surface area (Å²) in [6, 6.07) is 8.62. The van der Waals surface area contributed by atoms with Crippen LogP contribution in [0.5, 0.6) is 0 Å². The lowest BCUT2D eigenvalue weighted by Crippen LogP contribution is -1.78. The third-order valence-corrected chi connectivity index (χ3v) is 4.37. The first-order chi connectivity index (χ1) is 6.93. The molecule has 68 valence electrons. The highest BCUT2D eigenvalue weighted by atomic mass is 31.1. The standard InChI is InChI=1S/C12H10NP/c1-2-4-11-8-12(7-10(11)3-1)14-6-5-13-9-14/h1-7,9H,8H2. The van der Waals surface area contributed by atoms with Crippen molar-refractivity contribution in [3.8, 4) is 0 Å². The van der Waals surface area contributed by atoms with Crippen LogP contribution >= 0.6 is 7.53 Å². The van der Waals surface area contributed by atoms with E-state index >= 15 is 0 Å². The Morgan fingerprint density at radius 1 is 1.21 bits per heavy atom. The van der Waals surface area contributed by atoms with Gasteiger partial charge in [-0.2, -0.15) is 0 Å². The van der Waals surface area contributed by atoms with Crippen molar-refractivity contribution in [2.75, 3.05) is 0 Å². The molecule has 0 radical (unpaired) electrons. The maximum atomic E-state index is 4.15. The fourth-order valence-electron chi connectivity index (χ4n) is 1.86. The highest BCUT2D eigenvalue weighted by molar-refractivity contribution is 7.59. The van der Waals surface area contributed by atoms with Crippen LogP contribution in [-0.4, -0.2) is 4.98 Å². The quantitative estimate of drug-likeness (QED) is 0.683. The van der Waals surface area contributed by atoms with Gasteiger partial charge in [-0.3, -0.25) is 4.98 Å². The van der Waals surface area contributed by atoms with E-state index in [0.29, 0.717) is 0 Å². The molecule has 0 spiro atoms. The Morgan fingerprint density at radius 3 is 2.93 bits per heavy atom. The van der Waals surface area contributed by atoms with Crippen LogP contribution < -0.4 is 0 Å². The van der Waals surface area contributed by atoms with Crippen molar-refractivity contribution in [2.24, 2.45) is 0 Å². The lowest BCUT2D eigenvalue weighted by molar-refractivity contribution is 1.35. The van der Waals surface area contributed by atoms with Crippen molar-refractivity contribution in [1.29, 1.82) is 0 Å². The number of rotatable bonds is 1. The first-order valence-corrected chi connectivity index (χ1v) is 6.18. The van der Waals surface area contributed by atoms with Gasteiger partial charge in [0.05, 0.1) is 5.93 Å². The van der Waals surface area contributed by atoms with Gasteiger partial charge in [-0.1, -0.05) is 31.8 Å². The number of hydrogen-bond donors (Lipinski definition) is 0. The normalized spacial score (nSPS) is 15.1. The lowest BCUT2D eigenvalue weighted by atomic mass is 10.1. The molecule has 0 saturated carbocycles. The lowest BCUT2D eigenvalue weighted by Gasteiger charge is -1.97. The van der Waals surface area contributed by atoms with Crippen molar-refractivity contribution in [3.05, 3.63) is 53.3 Å². The van der Waals surface area contributed by atoms with E-state index in [0.717, 1.165) is 6.42 Å². The molecule has 0 N–H and O–H groups in total. The molecular formula is C12H10NP. The molecule has 1 atom stereocenters. The van der Waals surface area contributed by atoms with Gasteiger partial charge in [-0.25, -0.2) is 0 Å². The number of aromatic nitrogens is 1. The highest BCUT2D eigenvalue weighted by Crippen LogP contribution is 2.44. The Kier molecular flexibility index (Phi) is 1.78. The van der Waals surface area contributed by atoms with Crippen LogP contribution in [0.4, 0.5) is 0 Å². The fourth-order valence-corrected chi connectivity index (χ4v) is 3.36. The van der Waals surface area contributed by atoms with Gasteiger partial charge in [0.1, 0.15) is 0 Å². The van der Waals surface area contributed by atoms with Crippen LogP contribution in [0.2, 0.25) is 0 Å². The molecule has 0 bridgehead atoms. The summed E-state index contributed by atoms with van der Waals surface area (Å²) in [5.41, 5.74) is 2.84. The number of nitrogens with zero attached hydrogens (tertiary/aromatic N) is 1. The second-order valence-electron chi connectivity index (χ2n) is 3.48. The van der Waals surface area contributed by atoms with Crippen molar-refractivity contribution in [2.45, 2.75) is 6.42 Å². The van der Waals surface area contributed by atoms with E-state index in [2.05, 4.69) is 47.1 Å². The molecule has 0 aliphatic heterocycles. The summed E-state index contributed by atoms with van der Waals surface area (Å²) < 4.78 is 0. The Labute approximate surface area is 84.2 Å². The molecule has 1 nitrogen and oxygen atoms in total. The molecule has 1 aliphatic carbocycles. The number of allylic oxidation sites excluding steroid dienone is 1. The van der Waals surface area contributed by atoms with Crippen molar-refractivity contribution < 1.29 is 0 Å². The van der Waals surface area contributed by atoms with Crippen LogP contribution in [0.15, 0.2) is 42.2 Å².